The molecule has 0 amide bonds. The van der Waals surface area contributed by atoms with Crippen LogP contribution < -0.4 is 0 Å². The van der Waals surface area contributed by atoms with Gasteiger partial charge < -0.3 is 14.4 Å². The number of aliphatic imine (C=N–C) groups is 1. The molecule has 0 radical (unpaired) electrons. The van der Waals surface area contributed by atoms with Gasteiger partial charge in [0.05, 0.1) is 23.7 Å². The lowest BCUT2D eigenvalue weighted by Gasteiger charge is -2.34. The van der Waals surface area contributed by atoms with Gasteiger partial charge in [0.2, 0.25) is 0 Å². The second kappa shape index (κ2) is 9.72. The fourth-order valence-corrected chi connectivity index (χ4v) is 4.17. The van der Waals surface area contributed by atoms with E-state index < -0.39 is 28.7 Å². The molecule has 1 aromatic rings. The minimum Gasteiger partial charge on any atom is -0.465 e. The largest absolute Gasteiger partial charge is 0.465 e. The number of carbonyl (C=O) groups is 2. The number of esters is 2. The van der Waals surface area contributed by atoms with Crippen molar-refractivity contribution in [3.05, 3.63) is 51.3 Å². The standard InChI is InChI=1S/C22H27N3O6/c1-4-30-21(26)17-14(3)23-20(24-11-6-7-12-24)19(22(27)31-5-2)18(17)15-9-8-10-16(13-15)25(28)29/h8-10,13,17-18H,4-7,11-12H2,1-3H3. The van der Waals surface area contributed by atoms with E-state index in [0.29, 0.717) is 17.1 Å². The molecule has 31 heavy (non-hydrogen) atoms. The van der Waals surface area contributed by atoms with Gasteiger partial charge in [-0.2, -0.15) is 0 Å². The van der Waals surface area contributed by atoms with E-state index in [4.69, 9.17) is 9.47 Å². The molecule has 166 valence electrons. The topological polar surface area (TPSA) is 111 Å². The van der Waals surface area contributed by atoms with Crippen molar-refractivity contribution < 1.29 is 24.0 Å². The van der Waals surface area contributed by atoms with Gasteiger partial charge in [0.1, 0.15) is 11.7 Å². The summed E-state index contributed by atoms with van der Waals surface area (Å²) in [6.07, 6.45) is 1.94. The maximum Gasteiger partial charge on any atom is 0.338 e. The lowest BCUT2D eigenvalue weighted by molar-refractivity contribution is -0.384. The van der Waals surface area contributed by atoms with Gasteiger partial charge >= 0.3 is 11.9 Å². The summed E-state index contributed by atoms with van der Waals surface area (Å²) in [5, 5.41) is 11.4. The van der Waals surface area contributed by atoms with Crippen LogP contribution in [-0.2, 0) is 19.1 Å². The summed E-state index contributed by atoms with van der Waals surface area (Å²) in [6.45, 7) is 6.93. The fourth-order valence-electron chi connectivity index (χ4n) is 4.17. The van der Waals surface area contributed by atoms with Crippen LogP contribution in [0.4, 0.5) is 5.69 Å². The molecule has 0 bridgehead atoms. The first-order chi connectivity index (χ1) is 14.9. The van der Waals surface area contributed by atoms with Gasteiger partial charge in [-0.3, -0.25) is 14.9 Å². The molecule has 9 nitrogen and oxygen atoms in total. The predicted octanol–water partition coefficient (Wildman–Crippen LogP) is 3.20. The zero-order valence-electron chi connectivity index (χ0n) is 18.0. The summed E-state index contributed by atoms with van der Waals surface area (Å²) in [7, 11) is 0. The Kier molecular flexibility index (Phi) is 7.04. The number of hydrogen-bond acceptors (Lipinski definition) is 8. The number of hydrogen-bond donors (Lipinski definition) is 0. The number of rotatable bonds is 7. The van der Waals surface area contributed by atoms with Crippen LogP contribution in [-0.4, -0.2) is 53.8 Å². The van der Waals surface area contributed by atoms with E-state index in [1.54, 1.807) is 32.9 Å². The van der Waals surface area contributed by atoms with Crippen LogP contribution in [0.15, 0.2) is 40.7 Å². The highest BCUT2D eigenvalue weighted by molar-refractivity contribution is 6.07. The van der Waals surface area contributed by atoms with Crippen molar-refractivity contribution in [1.82, 2.24) is 4.90 Å². The van der Waals surface area contributed by atoms with Crippen LogP contribution >= 0.6 is 0 Å². The summed E-state index contributed by atoms with van der Waals surface area (Å²) < 4.78 is 10.6. The van der Waals surface area contributed by atoms with Crippen molar-refractivity contribution >= 4 is 23.3 Å². The first-order valence-electron chi connectivity index (χ1n) is 10.5. The number of nitro groups is 1. The van der Waals surface area contributed by atoms with Crippen molar-refractivity contribution in [2.24, 2.45) is 10.9 Å². The second-order valence-electron chi connectivity index (χ2n) is 7.46. The highest BCUT2D eigenvalue weighted by atomic mass is 16.6. The third-order valence-electron chi connectivity index (χ3n) is 5.50. The summed E-state index contributed by atoms with van der Waals surface area (Å²) in [5.41, 5.74) is 1.10. The van der Waals surface area contributed by atoms with Gasteiger partial charge in [0, 0.05) is 36.9 Å². The van der Waals surface area contributed by atoms with Crippen LogP contribution in [0, 0.1) is 16.0 Å². The summed E-state index contributed by atoms with van der Waals surface area (Å²) in [4.78, 5) is 43.6. The van der Waals surface area contributed by atoms with Gasteiger partial charge in [-0.25, -0.2) is 9.79 Å². The maximum absolute atomic E-state index is 13.1. The number of non-ortho nitro benzene ring substituents is 1. The van der Waals surface area contributed by atoms with Gasteiger partial charge in [-0.05, 0) is 39.2 Å². The molecular weight excluding hydrogens is 402 g/mol. The summed E-state index contributed by atoms with van der Waals surface area (Å²) in [6, 6.07) is 6.01. The van der Waals surface area contributed by atoms with E-state index in [2.05, 4.69) is 4.99 Å². The number of likely N-dealkylation sites (tertiary alicyclic amines) is 1. The Morgan fingerprint density at radius 3 is 2.48 bits per heavy atom. The molecule has 2 aliphatic heterocycles. The van der Waals surface area contributed by atoms with E-state index in [0.717, 1.165) is 25.9 Å². The van der Waals surface area contributed by atoms with Crippen LogP contribution in [0.25, 0.3) is 0 Å². The van der Waals surface area contributed by atoms with Crippen LogP contribution in [0.3, 0.4) is 0 Å². The van der Waals surface area contributed by atoms with Gasteiger partial charge in [0.25, 0.3) is 5.69 Å². The molecule has 1 fully saturated rings. The van der Waals surface area contributed by atoms with Gasteiger partial charge in [-0.15, -0.1) is 0 Å². The lowest BCUT2D eigenvalue weighted by atomic mass is 9.76. The van der Waals surface area contributed by atoms with Gasteiger partial charge in [-0.1, -0.05) is 12.1 Å². The Morgan fingerprint density at radius 2 is 1.87 bits per heavy atom. The number of ether oxygens (including phenoxy) is 2. The number of nitrogens with zero attached hydrogens (tertiary/aromatic N) is 3. The SMILES string of the molecule is CCOC(=O)C1=C(N2CCCC2)N=C(C)C(C(=O)OCC)C1c1cccc([N+](=O)[O-])c1. The number of benzene rings is 1. The molecule has 0 saturated carbocycles. The molecule has 0 N–H and O–H groups in total. The third-order valence-corrected chi connectivity index (χ3v) is 5.50. The van der Waals surface area contributed by atoms with E-state index in [9.17, 15) is 19.7 Å². The Hall–Kier alpha value is -3.23. The Labute approximate surface area is 180 Å². The maximum atomic E-state index is 13.1. The molecular formula is C22H27N3O6. The highest BCUT2D eigenvalue weighted by Gasteiger charge is 2.44. The van der Waals surface area contributed by atoms with Crippen LogP contribution in [0.5, 0.6) is 0 Å². The Morgan fingerprint density at radius 1 is 1.19 bits per heavy atom. The normalized spacial score (nSPS) is 21.0. The Balaban J connectivity index is 2.24. The van der Waals surface area contributed by atoms with Crippen molar-refractivity contribution in [2.75, 3.05) is 26.3 Å². The van der Waals surface area contributed by atoms with Crippen molar-refractivity contribution in [1.29, 1.82) is 0 Å². The van der Waals surface area contributed by atoms with E-state index in [1.807, 2.05) is 4.90 Å². The average molecular weight is 429 g/mol. The Bertz CT molecular complexity index is 933. The summed E-state index contributed by atoms with van der Waals surface area (Å²) >= 11 is 0. The van der Waals surface area contributed by atoms with E-state index in [-0.39, 0.29) is 24.5 Å². The third kappa shape index (κ3) is 4.60. The quantitative estimate of drug-likeness (QED) is 0.372. The average Bonchev–Trinajstić information content (AvgIpc) is 3.28. The zero-order valence-corrected chi connectivity index (χ0v) is 18.0. The first-order valence-corrected chi connectivity index (χ1v) is 10.5. The minimum atomic E-state index is -0.882. The summed E-state index contributed by atoms with van der Waals surface area (Å²) in [5.74, 6) is -2.31. The molecule has 0 spiro atoms. The fraction of sp³-hybridized carbons (Fsp3) is 0.500. The molecule has 0 aliphatic carbocycles. The highest BCUT2D eigenvalue weighted by Crippen LogP contribution is 2.42. The molecule has 1 saturated heterocycles. The molecule has 2 aliphatic rings. The molecule has 0 aromatic heterocycles. The smallest absolute Gasteiger partial charge is 0.338 e. The lowest BCUT2D eigenvalue weighted by Crippen LogP contribution is -2.39. The van der Waals surface area contributed by atoms with Crippen LogP contribution in [0.2, 0.25) is 0 Å². The molecule has 2 heterocycles. The molecule has 9 heteroatoms. The number of nitro benzene ring substituents is 1. The first kappa shape index (κ1) is 22.5. The number of carbonyl (C=O) groups excluding carboxylic acids is 2. The minimum absolute atomic E-state index is 0.119. The molecule has 3 rings (SSSR count). The van der Waals surface area contributed by atoms with Crippen molar-refractivity contribution in [3.63, 3.8) is 0 Å². The molecule has 2 atom stereocenters. The van der Waals surface area contributed by atoms with Crippen molar-refractivity contribution in [3.8, 4) is 0 Å². The molecule has 1 aromatic carbocycles. The monoisotopic (exact) mass is 429 g/mol. The van der Waals surface area contributed by atoms with Crippen molar-refractivity contribution in [2.45, 2.75) is 39.5 Å². The predicted molar refractivity (Wildman–Crippen MR) is 114 cm³/mol. The van der Waals surface area contributed by atoms with Crippen LogP contribution in [0.1, 0.15) is 45.1 Å². The van der Waals surface area contributed by atoms with E-state index in [1.165, 1.54) is 12.1 Å². The molecule has 2 unspecified atom stereocenters. The zero-order chi connectivity index (χ0) is 22.5. The second-order valence-corrected chi connectivity index (χ2v) is 7.46. The van der Waals surface area contributed by atoms with E-state index >= 15 is 0 Å². The van der Waals surface area contributed by atoms with Gasteiger partial charge in [0.15, 0.2) is 0 Å².